The van der Waals surface area contributed by atoms with E-state index in [0.29, 0.717) is 39.9 Å². The summed E-state index contributed by atoms with van der Waals surface area (Å²) < 4.78 is 7.63. The van der Waals surface area contributed by atoms with Gasteiger partial charge in [-0.15, -0.1) is 5.10 Å². The average molecular weight is 520 g/mol. The topological polar surface area (TPSA) is 147 Å². The zero-order valence-electron chi connectivity index (χ0n) is 20.5. The smallest absolute Gasteiger partial charge is 0.324 e. The molecule has 11 nitrogen and oxygen atoms in total. The van der Waals surface area contributed by atoms with Crippen molar-refractivity contribution in [3.05, 3.63) is 101 Å². The molecule has 0 radical (unpaired) electrons. The Hall–Kier alpha value is -5.71. The van der Waals surface area contributed by atoms with Crippen molar-refractivity contribution in [3.63, 3.8) is 0 Å². The van der Waals surface area contributed by atoms with Gasteiger partial charge in [0.25, 0.3) is 5.56 Å². The van der Waals surface area contributed by atoms with Crippen LogP contribution in [0.1, 0.15) is 5.56 Å². The van der Waals surface area contributed by atoms with Crippen molar-refractivity contribution in [1.29, 1.82) is 0 Å². The number of rotatable bonds is 5. The molecular formula is C28H21N7O4. The molecule has 4 N–H and O–H groups in total. The summed E-state index contributed by atoms with van der Waals surface area (Å²) >= 11 is 0. The van der Waals surface area contributed by atoms with Gasteiger partial charge >= 0.3 is 6.03 Å². The normalized spacial score (nSPS) is 11.0. The zero-order valence-corrected chi connectivity index (χ0v) is 20.5. The largest absolute Gasteiger partial charge is 0.492 e. The van der Waals surface area contributed by atoms with Crippen LogP contribution in [0.5, 0.6) is 17.4 Å². The molecule has 0 spiro atoms. The third kappa shape index (κ3) is 4.71. The van der Waals surface area contributed by atoms with Gasteiger partial charge in [-0.2, -0.15) is 0 Å². The monoisotopic (exact) mass is 519 g/mol. The molecule has 3 aromatic heterocycles. The lowest BCUT2D eigenvalue weighted by Crippen LogP contribution is -2.21. The van der Waals surface area contributed by atoms with E-state index >= 15 is 0 Å². The van der Waals surface area contributed by atoms with E-state index in [-0.39, 0.29) is 11.4 Å². The molecular weight excluding hydrogens is 498 g/mol. The number of pyridine rings is 1. The molecule has 0 unspecified atom stereocenters. The van der Waals surface area contributed by atoms with Crippen LogP contribution >= 0.6 is 0 Å². The lowest BCUT2D eigenvalue weighted by Gasteiger charge is -2.14. The molecule has 0 aliphatic carbocycles. The molecule has 0 saturated carbocycles. The maximum Gasteiger partial charge on any atom is 0.324 e. The van der Waals surface area contributed by atoms with E-state index in [4.69, 9.17) is 4.74 Å². The van der Waals surface area contributed by atoms with Crippen LogP contribution in [0.4, 0.5) is 16.3 Å². The van der Waals surface area contributed by atoms with Gasteiger partial charge in [-0.3, -0.25) is 10.1 Å². The Bertz CT molecular complexity index is 1910. The Morgan fingerprint density at radius 3 is 2.56 bits per heavy atom. The minimum atomic E-state index is -0.518. The first-order valence-corrected chi connectivity index (χ1v) is 11.9. The third-order valence-corrected chi connectivity index (χ3v) is 6.01. The van der Waals surface area contributed by atoms with Crippen molar-refractivity contribution in [1.82, 2.24) is 24.7 Å². The van der Waals surface area contributed by atoms with Crippen LogP contribution < -0.4 is 20.9 Å². The fourth-order valence-electron chi connectivity index (χ4n) is 4.21. The molecule has 192 valence electrons. The fraction of sp³-hybridized carbons (Fsp3) is 0.0357. The zero-order chi connectivity index (χ0) is 26.9. The number of fused-ring (bicyclic) bond motifs is 2. The number of nitrogens with one attached hydrogen (secondary N) is 3. The van der Waals surface area contributed by atoms with Crippen molar-refractivity contribution in [2.45, 2.75) is 6.92 Å². The number of carbonyl (C=O) groups is 1. The van der Waals surface area contributed by atoms with E-state index in [1.54, 1.807) is 18.2 Å². The molecule has 3 heterocycles. The molecule has 39 heavy (non-hydrogen) atoms. The van der Waals surface area contributed by atoms with Crippen LogP contribution in [-0.4, -0.2) is 35.9 Å². The van der Waals surface area contributed by atoms with Gasteiger partial charge in [0, 0.05) is 29.1 Å². The van der Waals surface area contributed by atoms with Gasteiger partial charge in [0.15, 0.2) is 11.4 Å². The molecule has 2 amide bonds. The molecule has 3 aromatic carbocycles. The number of urea groups is 1. The molecule has 6 aromatic rings. The number of aryl methyl sites for hydroxylation is 1. The quantitative estimate of drug-likeness (QED) is 0.247. The number of anilines is 2. The molecule has 0 aliphatic rings. The number of hydrogen-bond donors (Lipinski definition) is 4. The van der Waals surface area contributed by atoms with Crippen LogP contribution in [-0.2, 0) is 0 Å². The Kier molecular flexibility index (Phi) is 5.85. The highest BCUT2D eigenvalue weighted by atomic mass is 16.5. The number of carbonyl (C=O) groups excluding carboxylic acids is 1. The molecule has 0 saturated heterocycles. The Labute approximate surface area is 220 Å². The first-order chi connectivity index (χ1) is 18.9. The van der Waals surface area contributed by atoms with E-state index in [9.17, 15) is 14.7 Å². The number of H-pyrrole nitrogens is 1. The first kappa shape index (κ1) is 23.7. The number of aromatic hydroxyl groups is 1. The van der Waals surface area contributed by atoms with Gasteiger partial charge in [0.2, 0.25) is 5.88 Å². The predicted molar refractivity (Wildman–Crippen MR) is 147 cm³/mol. The van der Waals surface area contributed by atoms with Crippen molar-refractivity contribution in [2.75, 3.05) is 10.6 Å². The second-order valence-corrected chi connectivity index (χ2v) is 8.73. The second kappa shape index (κ2) is 9.63. The number of aromatic amines is 1. The molecule has 0 bridgehead atoms. The maximum atomic E-state index is 13.0. The highest BCUT2D eigenvalue weighted by Crippen LogP contribution is 2.36. The van der Waals surface area contributed by atoms with Crippen LogP contribution in [0, 0.1) is 6.92 Å². The maximum absolute atomic E-state index is 13.0. The van der Waals surface area contributed by atoms with E-state index in [1.165, 1.54) is 23.1 Å². The summed E-state index contributed by atoms with van der Waals surface area (Å²) in [6.07, 6.45) is 2.70. The minimum absolute atomic E-state index is 0.222. The molecule has 0 aliphatic heterocycles. The Morgan fingerprint density at radius 2 is 1.74 bits per heavy atom. The Morgan fingerprint density at radius 1 is 0.949 bits per heavy atom. The summed E-state index contributed by atoms with van der Waals surface area (Å²) in [4.78, 5) is 35.6. The number of benzene rings is 3. The molecule has 0 fully saturated rings. The van der Waals surface area contributed by atoms with E-state index in [0.717, 1.165) is 16.3 Å². The van der Waals surface area contributed by atoms with Crippen molar-refractivity contribution >= 4 is 39.5 Å². The number of aromatic nitrogens is 5. The predicted octanol–water partition coefficient (Wildman–Crippen LogP) is 5.11. The number of ether oxygens (including phenoxy) is 1. The summed E-state index contributed by atoms with van der Waals surface area (Å²) in [6, 6.07) is 20.9. The lowest BCUT2D eigenvalue weighted by atomic mass is 10.1. The van der Waals surface area contributed by atoms with Crippen molar-refractivity contribution < 1.29 is 14.6 Å². The van der Waals surface area contributed by atoms with Crippen molar-refractivity contribution in [2.24, 2.45) is 0 Å². The summed E-state index contributed by atoms with van der Waals surface area (Å²) in [5, 5.41) is 21.2. The Balaban J connectivity index is 1.28. The summed E-state index contributed by atoms with van der Waals surface area (Å²) in [7, 11) is 0. The van der Waals surface area contributed by atoms with Crippen molar-refractivity contribution in [3.8, 4) is 23.1 Å². The molecule has 0 atom stereocenters. The van der Waals surface area contributed by atoms with Gasteiger partial charge in [-0.25, -0.2) is 19.4 Å². The summed E-state index contributed by atoms with van der Waals surface area (Å²) in [5.41, 5.74) is 2.67. The van der Waals surface area contributed by atoms with Gasteiger partial charge in [0.1, 0.15) is 17.1 Å². The summed E-state index contributed by atoms with van der Waals surface area (Å²) in [5.74, 6) is 1.02. The minimum Gasteiger partial charge on any atom is -0.492 e. The highest BCUT2D eigenvalue weighted by Gasteiger charge is 2.15. The average Bonchev–Trinajstić information content (AvgIpc) is 3.29. The molecule has 11 heteroatoms. The number of nitrogens with zero attached hydrogens (tertiary/aromatic N) is 4. The SMILES string of the molecule is Cc1ccc(-n2nc(O)cc2NC(=O)Nc2ccc(Oc3ccnc4[nH]c(=O)cnc34)c3ccccc23)cc1. The van der Waals surface area contributed by atoms with E-state index < -0.39 is 6.03 Å². The summed E-state index contributed by atoms with van der Waals surface area (Å²) in [6.45, 7) is 1.97. The number of amides is 2. The first-order valence-electron chi connectivity index (χ1n) is 11.9. The van der Waals surface area contributed by atoms with E-state index in [1.807, 2.05) is 55.5 Å². The van der Waals surface area contributed by atoms with Gasteiger partial charge in [0.05, 0.1) is 17.6 Å². The molecule has 6 rings (SSSR count). The van der Waals surface area contributed by atoms with Crippen LogP contribution in [0.2, 0.25) is 0 Å². The van der Waals surface area contributed by atoms with Crippen LogP contribution in [0.15, 0.2) is 90.0 Å². The van der Waals surface area contributed by atoms with Crippen LogP contribution in [0.25, 0.3) is 27.6 Å². The fourth-order valence-corrected chi connectivity index (χ4v) is 4.21. The van der Waals surface area contributed by atoms with E-state index in [2.05, 4.69) is 30.7 Å². The van der Waals surface area contributed by atoms with Gasteiger partial charge in [-0.05, 0) is 31.2 Å². The lowest BCUT2D eigenvalue weighted by molar-refractivity contribution is 0.262. The standard InChI is InChI=1S/C28H21N7O4/c1-16-6-8-17(9-7-16)35-23(14-24(36)34-35)32-28(38)31-20-10-11-21(19-5-3-2-4-18(19)20)39-22-12-13-29-27-26(22)30-15-25(37)33-27/h2-15H,1H3,(H,34,36)(H,29,33,37)(H2,31,32,38). The highest BCUT2D eigenvalue weighted by molar-refractivity contribution is 6.07. The second-order valence-electron chi connectivity index (χ2n) is 8.73. The number of hydrogen-bond acceptors (Lipinski definition) is 7. The third-order valence-electron chi connectivity index (χ3n) is 6.01. The van der Waals surface area contributed by atoms with Crippen LogP contribution in [0.3, 0.4) is 0 Å². The van der Waals surface area contributed by atoms with Gasteiger partial charge < -0.3 is 20.1 Å². The van der Waals surface area contributed by atoms with Gasteiger partial charge in [-0.1, -0.05) is 42.0 Å².